The fourth-order valence-electron chi connectivity index (χ4n) is 3.64. The van der Waals surface area contributed by atoms with E-state index in [9.17, 15) is 4.79 Å². The first kappa shape index (κ1) is 24.5. The molecule has 0 unspecified atom stereocenters. The largest absolute Gasteiger partial charge is 0.450 e. The molecule has 2 aliphatic rings. The van der Waals surface area contributed by atoms with Gasteiger partial charge in [0.25, 0.3) is 0 Å². The van der Waals surface area contributed by atoms with E-state index in [2.05, 4.69) is 44.8 Å². The number of rotatable bonds is 5. The highest BCUT2D eigenvalue weighted by Crippen LogP contribution is 2.16. The van der Waals surface area contributed by atoms with Crippen molar-refractivity contribution in [1.29, 1.82) is 0 Å². The van der Waals surface area contributed by atoms with Gasteiger partial charge in [-0.05, 0) is 37.5 Å². The predicted molar refractivity (Wildman–Crippen MR) is 130 cm³/mol. The van der Waals surface area contributed by atoms with Crippen LogP contribution in [0.4, 0.5) is 10.5 Å². The lowest BCUT2D eigenvalue weighted by Gasteiger charge is -2.32. The number of aliphatic imine (C=N–C) groups is 1. The number of amides is 1. The normalized spacial score (nSPS) is 17.9. The number of morpholine rings is 1. The second-order valence-corrected chi connectivity index (χ2v) is 7.30. The van der Waals surface area contributed by atoms with Crippen LogP contribution in [0.5, 0.6) is 0 Å². The van der Waals surface area contributed by atoms with E-state index < -0.39 is 0 Å². The maximum atomic E-state index is 11.8. The molecule has 2 fully saturated rings. The number of benzene rings is 1. The van der Waals surface area contributed by atoms with E-state index in [1.807, 2.05) is 6.92 Å². The average molecular weight is 531 g/mol. The van der Waals surface area contributed by atoms with Crippen molar-refractivity contribution >= 4 is 41.7 Å². The van der Waals surface area contributed by atoms with Crippen LogP contribution < -0.4 is 15.5 Å². The van der Waals surface area contributed by atoms with Crippen LogP contribution in [-0.2, 0) is 16.0 Å². The first-order chi connectivity index (χ1) is 14.2. The van der Waals surface area contributed by atoms with Gasteiger partial charge in [0.05, 0.1) is 19.8 Å². The zero-order valence-corrected chi connectivity index (χ0v) is 20.3. The van der Waals surface area contributed by atoms with E-state index in [1.165, 1.54) is 11.3 Å². The van der Waals surface area contributed by atoms with E-state index in [-0.39, 0.29) is 30.1 Å². The topological polar surface area (TPSA) is 78.4 Å². The Morgan fingerprint density at radius 3 is 2.43 bits per heavy atom. The minimum atomic E-state index is -0.214. The van der Waals surface area contributed by atoms with E-state index in [4.69, 9.17) is 9.47 Å². The average Bonchev–Trinajstić information content (AvgIpc) is 2.78. The molecule has 1 aromatic rings. The van der Waals surface area contributed by atoms with Crippen LogP contribution in [0.3, 0.4) is 0 Å². The Balaban J connectivity index is 0.00000320. The van der Waals surface area contributed by atoms with Crippen molar-refractivity contribution in [3.05, 3.63) is 29.8 Å². The molecule has 0 bridgehead atoms. The summed E-state index contributed by atoms with van der Waals surface area (Å²) in [5.74, 6) is 0.789. The van der Waals surface area contributed by atoms with E-state index in [0.29, 0.717) is 32.3 Å². The molecule has 3 rings (SSSR count). The molecule has 0 atom stereocenters. The van der Waals surface area contributed by atoms with Crippen LogP contribution in [0.1, 0.15) is 25.3 Å². The molecule has 2 aliphatic heterocycles. The summed E-state index contributed by atoms with van der Waals surface area (Å²) < 4.78 is 10.5. The van der Waals surface area contributed by atoms with Crippen molar-refractivity contribution in [3.8, 4) is 0 Å². The van der Waals surface area contributed by atoms with Crippen molar-refractivity contribution in [2.24, 2.45) is 4.99 Å². The third kappa shape index (κ3) is 7.19. The first-order valence-electron chi connectivity index (χ1n) is 10.5. The molecule has 168 valence electrons. The molecule has 2 heterocycles. The van der Waals surface area contributed by atoms with Gasteiger partial charge >= 0.3 is 6.09 Å². The summed E-state index contributed by atoms with van der Waals surface area (Å²) in [4.78, 5) is 20.3. The van der Waals surface area contributed by atoms with Crippen molar-refractivity contribution in [1.82, 2.24) is 15.5 Å². The number of ether oxygens (including phenoxy) is 2. The van der Waals surface area contributed by atoms with Gasteiger partial charge in [0.1, 0.15) is 0 Å². The van der Waals surface area contributed by atoms with E-state index in [0.717, 1.165) is 45.1 Å². The van der Waals surface area contributed by atoms with Gasteiger partial charge in [0.15, 0.2) is 5.96 Å². The summed E-state index contributed by atoms with van der Waals surface area (Å²) in [6.45, 7) is 7.86. The van der Waals surface area contributed by atoms with Crippen molar-refractivity contribution in [3.63, 3.8) is 0 Å². The van der Waals surface area contributed by atoms with Gasteiger partial charge in [-0.3, -0.25) is 4.99 Å². The third-order valence-electron chi connectivity index (χ3n) is 5.36. The summed E-state index contributed by atoms with van der Waals surface area (Å²) in [5, 5.41) is 6.85. The quantitative estimate of drug-likeness (QED) is 0.346. The third-order valence-corrected chi connectivity index (χ3v) is 5.36. The predicted octanol–water partition coefficient (Wildman–Crippen LogP) is 2.43. The molecule has 2 saturated heterocycles. The number of hydrogen-bond acceptors (Lipinski definition) is 5. The second-order valence-electron chi connectivity index (χ2n) is 7.30. The SMILES string of the molecule is CCOC(=O)N1CCC(NC(=NC)NCc2ccc(N3CCOCC3)cc2)CC1.I. The lowest BCUT2D eigenvalue weighted by atomic mass is 10.1. The summed E-state index contributed by atoms with van der Waals surface area (Å²) in [6.07, 6.45) is 1.55. The van der Waals surface area contributed by atoms with Gasteiger partial charge in [-0.15, -0.1) is 24.0 Å². The molecular weight excluding hydrogens is 497 g/mol. The highest BCUT2D eigenvalue weighted by Gasteiger charge is 2.24. The molecule has 0 spiro atoms. The Bertz CT molecular complexity index is 672. The van der Waals surface area contributed by atoms with Gasteiger partial charge in [-0.2, -0.15) is 0 Å². The van der Waals surface area contributed by atoms with Gasteiger partial charge in [0, 0.05) is 51.5 Å². The Hall–Kier alpha value is -1.75. The number of carbonyl (C=O) groups excluding carboxylic acids is 1. The van der Waals surface area contributed by atoms with Gasteiger partial charge < -0.3 is 29.9 Å². The number of guanidine groups is 1. The number of carbonyl (C=O) groups is 1. The van der Waals surface area contributed by atoms with Crippen molar-refractivity contribution in [2.75, 3.05) is 57.9 Å². The lowest BCUT2D eigenvalue weighted by Crippen LogP contribution is -2.49. The Kier molecular flexibility index (Phi) is 10.5. The number of hydrogen-bond donors (Lipinski definition) is 2. The second kappa shape index (κ2) is 12.8. The molecule has 1 amide bonds. The van der Waals surface area contributed by atoms with E-state index >= 15 is 0 Å². The number of nitrogens with zero attached hydrogens (tertiary/aromatic N) is 3. The highest BCUT2D eigenvalue weighted by atomic mass is 127. The number of halogens is 1. The number of piperidine rings is 1. The van der Waals surface area contributed by atoms with Crippen LogP contribution in [0.2, 0.25) is 0 Å². The maximum absolute atomic E-state index is 11.8. The smallest absolute Gasteiger partial charge is 0.409 e. The van der Waals surface area contributed by atoms with Crippen molar-refractivity contribution < 1.29 is 14.3 Å². The molecule has 0 aliphatic carbocycles. The van der Waals surface area contributed by atoms with Crippen LogP contribution in [-0.4, -0.2) is 76.0 Å². The Morgan fingerprint density at radius 2 is 1.83 bits per heavy atom. The summed E-state index contributed by atoms with van der Waals surface area (Å²) >= 11 is 0. The first-order valence-corrected chi connectivity index (χ1v) is 10.5. The van der Waals surface area contributed by atoms with Gasteiger partial charge in [-0.1, -0.05) is 12.1 Å². The molecule has 8 nitrogen and oxygen atoms in total. The van der Waals surface area contributed by atoms with Gasteiger partial charge in [-0.25, -0.2) is 4.79 Å². The Labute approximate surface area is 196 Å². The molecular formula is C21H34IN5O3. The van der Waals surface area contributed by atoms with Gasteiger partial charge in [0.2, 0.25) is 0 Å². The molecule has 1 aromatic carbocycles. The lowest BCUT2D eigenvalue weighted by molar-refractivity contribution is 0.0963. The fraction of sp³-hybridized carbons (Fsp3) is 0.619. The Morgan fingerprint density at radius 1 is 1.17 bits per heavy atom. The maximum Gasteiger partial charge on any atom is 0.409 e. The summed E-state index contributed by atoms with van der Waals surface area (Å²) in [6, 6.07) is 8.95. The minimum absolute atomic E-state index is 0. The number of anilines is 1. The van der Waals surface area contributed by atoms with E-state index in [1.54, 1.807) is 11.9 Å². The van der Waals surface area contributed by atoms with Crippen LogP contribution in [0.15, 0.2) is 29.3 Å². The zero-order chi connectivity index (χ0) is 20.5. The van der Waals surface area contributed by atoms with Crippen LogP contribution in [0.25, 0.3) is 0 Å². The molecule has 2 N–H and O–H groups in total. The molecule has 30 heavy (non-hydrogen) atoms. The van der Waals surface area contributed by atoms with Crippen LogP contribution >= 0.6 is 24.0 Å². The molecule has 9 heteroatoms. The summed E-state index contributed by atoms with van der Waals surface area (Å²) in [7, 11) is 1.78. The molecule has 0 aromatic heterocycles. The zero-order valence-electron chi connectivity index (χ0n) is 17.9. The molecule has 0 saturated carbocycles. The van der Waals surface area contributed by atoms with Crippen molar-refractivity contribution in [2.45, 2.75) is 32.4 Å². The number of likely N-dealkylation sites (tertiary alicyclic amines) is 1. The molecule has 0 radical (unpaired) electrons. The standard InChI is InChI=1S/C21H33N5O3.HI/c1-3-29-21(27)26-10-8-18(9-11-26)24-20(22-2)23-16-17-4-6-19(7-5-17)25-12-14-28-15-13-25;/h4-7,18H,3,8-16H2,1-2H3,(H2,22,23,24);1H. The van der Waals surface area contributed by atoms with Crippen LogP contribution in [0, 0.1) is 0 Å². The highest BCUT2D eigenvalue weighted by molar-refractivity contribution is 14.0. The minimum Gasteiger partial charge on any atom is -0.450 e. The number of nitrogens with one attached hydrogen (secondary N) is 2. The fourth-order valence-corrected chi connectivity index (χ4v) is 3.64. The summed E-state index contributed by atoms with van der Waals surface area (Å²) in [5.41, 5.74) is 2.45. The monoisotopic (exact) mass is 531 g/mol.